The number of nitrogens with zero attached hydrogens (tertiary/aromatic N) is 1. The number of aryl methyl sites for hydroxylation is 1. The molecule has 0 radical (unpaired) electrons. The van der Waals surface area contributed by atoms with E-state index in [-0.39, 0.29) is 0 Å². The number of carboxylic acids is 1. The van der Waals surface area contributed by atoms with Crippen LogP contribution in [0.25, 0.3) is 22.6 Å². The number of hydrogen-bond acceptors (Lipinski definition) is 3. The monoisotopic (exact) mass is 329 g/mol. The molecule has 3 aromatic rings. The Kier molecular flexibility index (Phi) is 4.35. The third-order valence-corrected chi connectivity index (χ3v) is 4.06. The van der Waals surface area contributed by atoms with Crippen LogP contribution >= 0.6 is 11.6 Å². The molecule has 1 heterocycles. The minimum atomic E-state index is -0.862. The van der Waals surface area contributed by atoms with E-state index >= 15 is 0 Å². The predicted molar refractivity (Wildman–Crippen MR) is 89.9 cm³/mol. The highest BCUT2D eigenvalue weighted by Crippen LogP contribution is 2.27. The number of carbonyl (C=O) groups is 1. The van der Waals surface area contributed by atoms with Gasteiger partial charge in [-0.25, -0.2) is 4.98 Å². The SMILES string of the molecule is CC(C(=O)O)c1ccc2nc(-c3ccc(CCCl)cc3)oc2c1. The van der Waals surface area contributed by atoms with Crippen LogP contribution in [0.2, 0.25) is 0 Å². The van der Waals surface area contributed by atoms with E-state index in [1.165, 1.54) is 0 Å². The van der Waals surface area contributed by atoms with Crippen molar-refractivity contribution in [2.75, 3.05) is 5.88 Å². The Balaban J connectivity index is 1.94. The molecule has 1 unspecified atom stereocenters. The van der Waals surface area contributed by atoms with Gasteiger partial charge in [-0.2, -0.15) is 0 Å². The van der Waals surface area contributed by atoms with Crippen molar-refractivity contribution in [2.24, 2.45) is 0 Å². The third-order valence-electron chi connectivity index (χ3n) is 3.87. The van der Waals surface area contributed by atoms with Crippen LogP contribution in [0.15, 0.2) is 46.9 Å². The van der Waals surface area contributed by atoms with Crippen molar-refractivity contribution in [3.05, 3.63) is 53.6 Å². The van der Waals surface area contributed by atoms with Crippen molar-refractivity contribution in [3.8, 4) is 11.5 Å². The van der Waals surface area contributed by atoms with Crippen LogP contribution in [0.3, 0.4) is 0 Å². The number of halogens is 1. The molecule has 0 saturated heterocycles. The fourth-order valence-corrected chi connectivity index (χ4v) is 2.62. The summed E-state index contributed by atoms with van der Waals surface area (Å²) in [6.45, 7) is 1.65. The summed E-state index contributed by atoms with van der Waals surface area (Å²) in [5, 5.41) is 9.10. The second-order valence-corrected chi connectivity index (χ2v) is 5.82. The fraction of sp³-hybridized carbons (Fsp3) is 0.222. The van der Waals surface area contributed by atoms with E-state index in [4.69, 9.17) is 21.1 Å². The number of rotatable bonds is 5. The molecule has 23 heavy (non-hydrogen) atoms. The molecular weight excluding hydrogens is 314 g/mol. The highest BCUT2D eigenvalue weighted by atomic mass is 35.5. The summed E-state index contributed by atoms with van der Waals surface area (Å²) >= 11 is 5.74. The maximum atomic E-state index is 11.1. The Morgan fingerprint density at radius 1 is 1.26 bits per heavy atom. The number of aliphatic carboxylic acids is 1. The zero-order chi connectivity index (χ0) is 16.4. The molecule has 3 rings (SSSR count). The lowest BCUT2D eigenvalue weighted by atomic mass is 10.0. The fourth-order valence-electron chi connectivity index (χ4n) is 2.40. The average Bonchev–Trinajstić information content (AvgIpc) is 2.98. The number of hydrogen-bond donors (Lipinski definition) is 1. The molecule has 1 atom stereocenters. The van der Waals surface area contributed by atoms with E-state index < -0.39 is 11.9 Å². The molecule has 0 bridgehead atoms. The van der Waals surface area contributed by atoms with Crippen molar-refractivity contribution in [3.63, 3.8) is 0 Å². The van der Waals surface area contributed by atoms with Gasteiger partial charge in [0.05, 0.1) is 5.92 Å². The van der Waals surface area contributed by atoms with Gasteiger partial charge in [0.1, 0.15) is 5.52 Å². The lowest BCUT2D eigenvalue weighted by molar-refractivity contribution is -0.138. The van der Waals surface area contributed by atoms with E-state index in [9.17, 15) is 4.79 Å². The minimum absolute atomic E-state index is 0.526. The Morgan fingerprint density at radius 3 is 2.65 bits per heavy atom. The van der Waals surface area contributed by atoms with Crippen molar-refractivity contribution < 1.29 is 14.3 Å². The second kappa shape index (κ2) is 6.42. The summed E-state index contributed by atoms with van der Waals surface area (Å²) in [7, 11) is 0. The minimum Gasteiger partial charge on any atom is -0.481 e. The molecular formula is C18H16ClNO3. The molecule has 2 aromatic carbocycles. The quantitative estimate of drug-likeness (QED) is 0.702. The first kappa shape index (κ1) is 15.6. The number of carboxylic acid groups (broad SMARTS) is 1. The lowest BCUT2D eigenvalue weighted by Gasteiger charge is -2.04. The Morgan fingerprint density at radius 2 is 2.00 bits per heavy atom. The van der Waals surface area contributed by atoms with E-state index in [1.54, 1.807) is 25.1 Å². The molecule has 0 saturated carbocycles. The van der Waals surface area contributed by atoms with Crippen LogP contribution in [0.4, 0.5) is 0 Å². The lowest BCUT2D eigenvalue weighted by Crippen LogP contribution is -2.06. The largest absolute Gasteiger partial charge is 0.481 e. The number of aromatic nitrogens is 1. The van der Waals surface area contributed by atoms with Gasteiger partial charge >= 0.3 is 5.97 Å². The van der Waals surface area contributed by atoms with Crippen molar-refractivity contribution in [2.45, 2.75) is 19.3 Å². The molecule has 1 aromatic heterocycles. The summed E-state index contributed by atoms with van der Waals surface area (Å²) in [6, 6.07) is 13.2. The summed E-state index contributed by atoms with van der Waals surface area (Å²) in [6.07, 6.45) is 0.825. The molecule has 1 N–H and O–H groups in total. The Bertz CT molecular complexity index is 839. The molecule has 0 spiro atoms. The first-order valence-electron chi connectivity index (χ1n) is 7.37. The summed E-state index contributed by atoms with van der Waals surface area (Å²) in [4.78, 5) is 15.6. The van der Waals surface area contributed by atoms with Gasteiger partial charge in [-0.1, -0.05) is 18.2 Å². The van der Waals surface area contributed by atoms with Crippen LogP contribution in [0.1, 0.15) is 24.0 Å². The number of benzene rings is 2. The van der Waals surface area contributed by atoms with Crippen molar-refractivity contribution in [1.29, 1.82) is 0 Å². The Hall–Kier alpha value is -2.33. The van der Waals surface area contributed by atoms with E-state index in [0.29, 0.717) is 28.4 Å². The summed E-state index contributed by atoms with van der Waals surface area (Å²) < 4.78 is 5.79. The average molecular weight is 330 g/mol. The first-order valence-corrected chi connectivity index (χ1v) is 7.90. The van der Waals surface area contributed by atoms with Crippen molar-refractivity contribution >= 4 is 28.7 Å². The van der Waals surface area contributed by atoms with E-state index in [1.807, 2.05) is 24.3 Å². The van der Waals surface area contributed by atoms with Gasteiger partial charge in [-0.3, -0.25) is 4.79 Å². The van der Waals surface area contributed by atoms with Gasteiger partial charge in [-0.05, 0) is 48.7 Å². The van der Waals surface area contributed by atoms with E-state index in [2.05, 4.69) is 4.98 Å². The van der Waals surface area contributed by atoms with Crippen LogP contribution < -0.4 is 0 Å². The first-order chi connectivity index (χ1) is 11.1. The molecule has 118 valence electrons. The second-order valence-electron chi connectivity index (χ2n) is 5.44. The van der Waals surface area contributed by atoms with Gasteiger partial charge < -0.3 is 9.52 Å². The zero-order valence-electron chi connectivity index (χ0n) is 12.6. The summed E-state index contributed by atoms with van der Waals surface area (Å²) in [5.41, 5.74) is 4.05. The topological polar surface area (TPSA) is 63.3 Å². The molecule has 5 heteroatoms. The van der Waals surface area contributed by atoms with Gasteiger partial charge in [0.15, 0.2) is 5.58 Å². The van der Waals surface area contributed by atoms with Crippen molar-refractivity contribution in [1.82, 2.24) is 4.98 Å². The molecule has 0 aliphatic heterocycles. The van der Waals surface area contributed by atoms with Gasteiger partial charge in [-0.15, -0.1) is 11.6 Å². The highest BCUT2D eigenvalue weighted by Gasteiger charge is 2.16. The smallest absolute Gasteiger partial charge is 0.310 e. The normalized spacial score (nSPS) is 12.4. The number of alkyl halides is 1. The standard InChI is InChI=1S/C18H16ClNO3/c1-11(18(21)22)14-6-7-15-16(10-14)23-17(20-15)13-4-2-12(3-5-13)8-9-19/h2-7,10-11H,8-9H2,1H3,(H,21,22). The van der Waals surface area contributed by atoms with Crippen LogP contribution in [-0.4, -0.2) is 21.9 Å². The molecule has 0 fully saturated rings. The van der Waals surface area contributed by atoms with Crippen LogP contribution in [0, 0.1) is 0 Å². The number of oxazole rings is 1. The van der Waals surface area contributed by atoms with Gasteiger partial charge in [0.2, 0.25) is 5.89 Å². The Labute approximate surface area is 138 Å². The third kappa shape index (κ3) is 3.22. The zero-order valence-corrected chi connectivity index (χ0v) is 13.4. The van der Waals surface area contributed by atoms with Crippen LogP contribution in [-0.2, 0) is 11.2 Å². The predicted octanol–water partition coefficient (Wildman–Crippen LogP) is 4.46. The molecule has 0 aliphatic carbocycles. The van der Waals surface area contributed by atoms with Gasteiger partial charge in [0, 0.05) is 11.4 Å². The maximum absolute atomic E-state index is 11.1. The number of fused-ring (bicyclic) bond motifs is 1. The molecule has 4 nitrogen and oxygen atoms in total. The highest BCUT2D eigenvalue weighted by molar-refractivity contribution is 6.17. The summed E-state index contributed by atoms with van der Waals surface area (Å²) in [5.74, 6) is -0.327. The molecule has 0 aliphatic rings. The maximum Gasteiger partial charge on any atom is 0.310 e. The van der Waals surface area contributed by atoms with E-state index in [0.717, 1.165) is 17.5 Å². The van der Waals surface area contributed by atoms with Crippen LogP contribution in [0.5, 0.6) is 0 Å². The molecule has 0 amide bonds. The van der Waals surface area contributed by atoms with Gasteiger partial charge in [0.25, 0.3) is 0 Å².